The molecule has 116 valence electrons. The number of rotatable bonds is 5. The molecule has 2 unspecified atom stereocenters. The second-order valence-electron chi connectivity index (χ2n) is 6.29. The molecule has 2 aromatic rings. The Labute approximate surface area is 129 Å². The molecule has 22 heavy (non-hydrogen) atoms. The fourth-order valence-corrected chi connectivity index (χ4v) is 3.23. The van der Waals surface area contributed by atoms with Gasteiger partial charge in [-0.3, -0.25) is 0 Å². The van der Waals surface area contributed by atoms with Gasteiger partial charge in [0.1, 0.15) is 11.9 Å². The van der Waals surface area contributed by atoms with E-state index < -0.39 is 0 Å². The summed E-state index contributed by atoms with van der Waals surface area (Å²) >= 11 is 0. The molecule has 0 bridgehead atoms. The van der Waals surface area contributed by atoms with Crippen LogP contribution in [0.4, 0.5) is 0 Å². The predicted molar refractivity (Wildman–Crippen MR) is 79.5 cm³/mol. The van der Waals surface area contributed by atoms with Crippen molar-refractivity contribution in [1.82, 2.24) is 10.1 Å². The molecule has 2 aliphatic rings. The maximum atomic E-state index is 9.45. The van der Waals surface area contributed by atoms with Crippen LogP contribution in [0.2, 0.25) is 0 Å². The van der Waals surface area contributed by atoms with Crippen LogP contribution in [0.25, 0.3) is 0 Å². The van der Waals surface area contributed by atoms with E-state index in [9.17, 15) is 5.11 Å². The lowest BCUT2D eigenvalue weighted by Gasteiger charge is -2.14. The Balaban J connectivity index is 1.51. The SMILES string of the molecule is Oc1ccc(C(Cc2nc(C3CCCO3)no2)C2CC2)cc1. The molecule has 0 spiro atoms. The maximum Gasteiger partial charge on any atom is 0.227 e. The first-order chi connectivity index (χ1) is 10.8. The summed E-state index contributed by atoms with van der Waals surface area (Å²) in [5.74, 6) is 2.75. The summed E-state index contributed by atoms with van der Waals surface area (Å²) in [7, 11) is 0. The van der Waals surface area contributed by atoms with Gasteiger partial charge in [-0.2, -0.15) is 4.98 Å². The minimum Gasteiger partial charge on any atom is -0.508 e. The summed E-state index contributed by atoms with van der Waals surface area (Å²) in [6.07, 6.45) is 5.30. The van der Waals surface area contributed by atoms with Crippen molar-refractivity contribution in [3.63, 3.8) is 0 Å². The number of ether oxygens (including phenoxy) is 1. The Morgan fingerprint density at radius 1 is 1.18 bits per heavy atom. The molecule has 1 aromatic heterocycles. The second kappa shape index (κ2) is 5.72. The van der Waals surface area contributed by atoms with Crippen molar-refractivity contribution in [2.75, 3.05) is 6.61 Å². The quantitative estimate of drug-likeness (QED) is 0.917. The smallest absolute Gasteiger partial charge is 0.227 e. The molecule has 4 rings (SSSR count). The third kappa shape index (κ3) is 2.86. The molecule has 1 saturated carbocycles. The van der Waals surface area contributed by atoms with E-state index in [0.717, 1.165) is 25.9 Å². The Kier molecular flexibility index (Phi) is 3.58. The van der Waals surface area contributed by atoms with Gasteiger partial charge in [-0.1, -0.05) is 17.3 Å². The zero-order chi connectivity index (χ0) is 14.9. The molecule has 5 nitrogen and oxygen atoms in total. The van der Waals surface area contributed by atoms with E-state index in [0.29, 0.717) is 29.3 Å². The van der Waals surface area contributed by atoms with Gasteiger partial charge in [0.2, 0.25) is 11.7 Å². The van der Waals surface area contributed by atoms with Crippen LogP contribution in [0.15, 0.2) is 28.8 Å². The standard InChI is InChI=1S/C17H20N2O3/c20-13-7-5-12(6-8-13)14(11-3-4-11)10-16-18-17(19-22-16)15-2-1-9-21-15/h5-8,11,14-15,20H,1-4,9-10H2. The first-order valence-corrected chi connectivity index (χ1v) is 8.02. The number of phenols is 1. The van der Waals surface area contributed by atoms with Crippen LogP contribution in [0.5, 0.6) is 5.75 Å². The number of aromatic nitrogens is 2. The lowest BCUT2D eigenvalue weighted by molar-refractivity contribution is 0.103. The zero-order valence-electron chi connectivity index (χ0n) is 12.4. The van der Waals surface area contributed by atoms with Gasteiger partial charge in [0.25, 0.3) is 0 Å². The number of aromatic hydroxyl groups is 1. The van der Waals surface area contributed by atoms with Gasteiger partial charge >= 0.3 is 0 Å². The van der Waals surface area contributed by atoms with Crippen LogP contribution in [0.1, 0.15) is 55.0 Å². The van der Waals surface area contributed by atoms with Crippen molar-refractivity contribution in [1.29, 1.82) is 0 Å². The Bertz CT molecular complexity index is 628. The Morgan fingerprint density at radius 3 is 2.68 bits per heavy atom. The minimum atomic E-state index is 0.00514. The highest BCUT2D eigenvalue weighted by atomic mass is 16.5. The van der Waals surface area contributed by atoms with Crippen LogP contribution < -0.4 is 0 Å². The normalized spacial score (nSPS) is 22.8. The van der Waals surface area contributed by atoms with Gasteiger partial charge in [0, 0.05) is 13.0 Å². The van der Waals surface area contributed by atoms with Gasteiger partial charge in [0.15, 0.2) is 0 Å². The highest BCUT2D eigenvalue weighted by Crippen LogP contribution is 2.44. The van der Waals surface area contributed by atoms with Crippen molar-refractivity contribution < 1.29 is 14.4 Å². The second-order valence-corrected chi connectivity index (χ2v) is 6.29. The Morgan fingerprint density at radius 2 is 2.00 bits per heavy atom. The number of hydrogen-bond donors (Lipinski definition) is 1. The monoisotopic (exact) mass is 300 g/mol. The topological polar surface area (TPSA) is 68.4 Å². The first kappa shape index (κ1) is 13.8. The molecule has 1 aliphatic heterocycles. The van der Waals surface area contributed by atoms with Crippen molar-refractivity contribution in [3.8, 4) is 5.75 Å². The van der Waals surface area contributed by atoms with Crippen molar-refractivity contribution in [2.24, 2.45) is 5.92 Å². The van der Waals surface area contributed by atoms with E-state index in [1.165, 1.54) is 18.4 Å². The Hall–Kier alpha value is -1.88. The van der Waals surface area contributed by atoms with Crippen molar-refractivity contribution >= 4 is 0 Å². The zero-order valence-corrected chi connectivity index (χ0v) is 12.4. The molecule has 0 radical (unpaired) electrons. The van der Waals surface area contributed by atoms with Gasteiger partial charge in [-0.05, 0) is 55.2 Å². The van der Waals surface area contributed by atoms with Gasteiger partial charge in [0.05, 0.1) is 0 Å². The van der Waals surface area contributed by atoms with E-state index in [2.05, 4.69) is 10.1 Å². The average molecular weight is 300 g/mol. The number of nitrogens with zero attached hydrogens (tertiary/aromatic N) is 2. The summed E-state index contributed by atoms with van der Waals surface area (Å²) in [6, 6.07) is 7.48. The molecular formula is C17H20N2O3. The molecule has 1 saturated heterocycles. The van der Waals surface area contributed by atoms with Crippen LogP contribution in [0, 0.1) is 5.92 Å². The molecule has 1 aliphatic carbocycles. The van der Waals surface area contributed by atoms with Gasteiger partial charge in [-0.25, -0.2) is 0 Å². The number of hydrogen-bond acceptors (Lipinski definition) is 5. The van der Waals surface area contributed by atoms with Crippen LogP contribution in [0.3, 0.4) is 0 Å². The summed E-state index contributed by atoms with van der Waals surface area (Å²) in [4.78, 5) is 4.53. The number of phenolic OH excluding ortho intramolecular Hbond substituents is 1. The molecule has 2 fully saturated rings. The van der Waals surface area contributed by atoms with E-state index >= 15 is 0 Å². The predicted octanol–water partition coefficient (Wildman–Crippen LogP) is 3.36. The highest BCUT2D eigenvalue weighted by Gasteiger charge is 2.34. The average Bonchev–Trinajstić information content (AvgIpc) is 3.02. The van der Waals surface area contributed by atoms with Crippen molar-refractivity contribution in [2.45, 2.75) is 44.1 Å². The third-order valence-electron chi connectivity index (χ3n) is 4.61. The van der Waals surface area contributed by atoms with E-state index in [4.69, 9.17) is 9.26 Å². The summed E-state index contributed by atoms with van der Waals surface area (Å²) in [5.41, 5.74) is 1.23. The first-order valence-electron chi connectivity index (χ1n) is 8.02. The molecule has 2 heterocycles. The minimum absolute atomic E-state index is 0.00514. The lowest BCUT2D eigenvalue weighted by Crippen LogP contribution is -2.06. The van der Waals surface area contributed by atoms with E-state index in [1.807, 2.05) is 12.1 Å². The summed E-state index contributed by atoms with van der Waals surface area (Å²) in [6.45, 7) is 0.784. The van der Waals surface area contributed by atoms with Crippen LogP contribution >= 0.6 is 0 Å². The van der Waals surface area contributed by atoms with Gasteiger partial charge in [-0.15, -0.1) is 0 Å². The molecule has 0 amide bonds. The van der Waals surface area contributed by atoms with Crippen molar-refractivity contribution in [3.05, 3.63) is 41.5 Å². The molecule has 2 atom stereocenters. The molecule has 1 aromatic carbocycles. The number of benzene rings is 1. The van der Waals surface area contributed by atoms with Gasteiger partial charge < -0.3 is 14.4 Å². The summed E-state index contributed by atoms with van der Waals surface area (Å²) in [5, 5.41) is 13.5. The summed E-state index contributed by atoms with van der Waals surface area (Å²) < 4.78 is 11.0. The van der Waals surface area contributed by atoms with Crippen LogP contribution in [-0.4, -0.2) is 21.9 Å². The fraction of sp³-hybridized carbons (Fsp3) is 0.529. The highest BCUT2D eigenvalue weighted by molar-refractivity contribution is 5.30. The fourth-order valence-electron chi connectivity index (χ4n) is 3.23. The van der Waals surface area contributed by atoms with Crippen LogP contribution in [-0.2, 0) is 11.2 Å². The third-order valence-corrected chi connectivity index (χ3v) is 4.61. The van der Waals surface area contributed by atoms with E-state index in [1.54, 1.807) is 12.1 Å². The largest absolute Gasteiger partial charge is 0.508 e. The molecule has 1 N–H and O–H groups in total. The maximum absolute atomic E-state index is 9.45. The molecule has 5 heteroatoms. The van der Waals surface area contributed by atoms with E-state index in [-0.39, 0.29) is 6.10 Å². The lowest BCUT2D eigenvalue weighted by atomic mass is 9.91. The molecular weight excluding hydrogens is 280 g/mol.